The van der Waals surface area contributed by atoms with Crippen molar-refractivity contribution < 1.29 is 28.2 Å². The van der Waals surface area contributed by atoms with Gasteiger partial charge in [-0.2, -0.15) is 0 Å². The monoisotopic (exact) mass is 726 g/mol. The SMILES string of the molecule is C#CCCC(NC(=O)[C@@H]1CCCN1C(=O)C(NC(=O)NC(CCCC)(CCCC)CS(=O)C(C)(C)C)C(C)(C)C)C(=O)C(=O)NC.CC.CC. The van der Waals surface area contributed by atoms with Gasteiger partial charge in [0.1, 0.15) is 12.1 Å². The van der Waals surface area contributed by atoms with Crippen molar-refractivity contribution in [3.8, 4) is 12.3 Å². The normalized spacial score (nSPS) is 16.2. The lowest BCUT2D eigenvalue weighted by atomic mass is 9.85. The number of terminal acetylenes is 1. The van der Waals surface area contributed by atoms with Crippen molar-refractivity contribution in [2.75, 3.05) is 19.3 Å². The summed E-state index contributed by atoms with van der Waals surface area (Å²) in [5, 5.41) is 11.0. The van der Waals surface area contributed by atoms with E-state index < -0.39 is 74.2 Å². The predicted octanol–water partition coefficient (Wildman–Crippen LogP) is 5.62. The Kier molecular flexibility index (Phi) is 23.9. The standard InChI is InChI=1S/C34H59N5O6S.2C2H6/c1-11-14-18-24(26(40)29(42)35-10)36-28(41)25-19-17-22-39(25)30(43)27(32(4,5)6)37-31(44)38-34(20-15-12-2,21-16-13-3)23-46(45)33(7,8)9;2*1-2/h1,24-25,27H,12-23H2,2-10H3,(H,35,42)(H,36,41)(H2,37,38,44);2*1-2H3/t24?,25-,27?,46?;;/m0../s1. The molecule has 0 aromatic heterocycles. The molecule has 4 atom stereocenters. The van der Waals surface area contributed by atoms with Crippen LogP contribution in [0.3, 0.4) is 0 Å². The molecule has 1 heterocycles. The summed E-state index contributed by atoms with van der Waals surface area (Å²) >= 11 is 0. The number of nitrogens with zero attached hydrogens (tertiary/aromatic N) is 1. The van der Waals surface area contributed by atoms with Gasteiger partial charge in [0, 0.05) is 41.3 Å². The zero-order chi connectivity index (χ0) is 39.3. The number of unbranched alkanes of at least 4 members (excludes halogenated alkanes) is 2. The average Bonchev–Trinajstić information content (AvgIpc) is 3.57. The molecule has 1 rings (SSSR count). The molecule has 1 aliphatic heterocycles. The number of hydrogen-bond acceptors (Lipinski definition) is 6. The van der Waals surface area contributed by atoms with Crippen LogP contribution in [0, 0.1) is 17.8 Å². The van der Waals surface area contributed by atoms with Gasteiger partial charge >= 0.3 is 6.03 Å². The lowest BCUT2D eigenvalue weighted by molar-refractivity contribution is -0.143. The minimum absolute atomic E-state index is 0.0827. The molecule has 11 nitrogen and oxygen atoms in total. The third-order valence-corrected chi connectivity index (χ3v) is 10.6. The molecule has 4 N–H and O–H groups in total. The van der Waals surface area contributed by atoms with Crippen LogP contribution in [-0.4, -0.2) is 86.4 Å². The Labute approximate surface area is 306 Å². The van der Waals surface area contributed by atoms with Gasteiger partial charge < -0.3 is 26.2 Å². The first kappa shape index (κ1) is 49.2. The number of ketones is 1. The van der Waals surface area contributed by atoms with E-state index in [4.69, 9.17) is 6.42 Å². The van der Waals surface area contributed by atoms with Crippen molar-refractivity contribution in [2.45, 2.75) is 176 Å². The molecule has 0 radical (unpaired) electrons. The van der Waals surface area contributed by atoms with Gasteiger partial charge in [0.25, 0.3) is 5.91 Å². The molecule has 1 saturated heterocycles. The molecule has 0 aromatic carbocycles. The second kappa shape index (κ2) is 24.3. The van der Waals surface area contributed by atoms with E-state index in [9.17, 15) is 28.2 Å². The number of urea groups is 1. The molecular weight excluding hydrogens is 655 g/mol. The summed E-state index contributed by atoms with van der Waals surface area (Å²) in [4.78, 5) is 67.4. The van der Waals surface area contributed by atoms with E-state index in [0.29, 0.717) is 38.0 Å². The number of amides is 5. The summed E-state index contributed by atoms with van der Waals surface area (Å²) in [7, 11) is 0.111. The van der Waals surface area contributed by atoms with Gasteiger partial charge in [-0.15, -0.1) is 12.3 Å². The molecule has 0 saturated carbocycles. The fourth-order valence-corrected chi connectivity index (χ4v) is 6.80. The van der Waals surface area contributed by atoms with Gasteiger partial charge in [0.05, 0.1) is 11.6 Å². The van der Waals surface area contributed by atoms with Crippen molar-refractivity contribution in [2.24, 2.45) is 5.41 Å². The van der Waals surface area contributed by atoms with E-state index in [-0.39, 0.29) is 12.8 Å². The quantitative estimate of drug-likeness (QED) is 0.113. The summed E-state index contributed by atoms with van der Waals surface area (Å²) < 4.78 is 12.9. The van der Waals surface area contributed by atoms with Crippen molar-refractivity contribution in [1.29, 1.82) is 0 Å². The molecule has 50 heavy (non-hydrogen) atoms. The molecular formula is C38H71N5O6S. The highest BCUT2D eigenvalue weighted by Gasteiger charge is 2.44. The molecule has 0 bridgehead atoms. The van der Waals surface area contributed by atoms with Crippen LogP contribution in [0.1, 0.15) is 147 Å². The highest BCUT2D eigenvalue weighted by Crippen LogP contribution is 2.29. The lowest BCUT2D eigenvalue weighted by Crippen LogP contribution is -2.63. The highest BCUT2D eigenvalue weighted by molar-refractivity contribution is 7.86. The average molecular weight is 726 g/mol. The summed E-state index contributed by atoms with van der Waals surface area (Å²) in [6, 6.07) is -3.50. The zero-order valence-corrected chi connectivity index (χ0v) is 34.4. The number of Topliss-reactive ketones (excluding diaryl/α,β-unsaturated/α-hetero) is 1. The third-order valence-electron chi connectivity index (χ3n) is 8.37. The van der Waals surface area contributed by atoms with Gasteiger partial charge in [-0.05, 0) is 58.3 Å². The molecule has 0 aliphatic carbocycles. The smallest absolute Gasteiger partial charge is 0.315 e. The minimum Gasteiger partial charge on any atom is -0.353 e. The Morgan fingerprint density at radius 3 is 1.90 bits per heavy atom. The van der Waals surface area contributed by atoms with Crippen LogP contribution in [0.25, 0.3) is 0 Å². The van der Waals surface area contributed by atoms with Crippen molar-refractivity contribution in [3.05, 3.63) is 0 Å². The summed E-state index contributed by atoms with van der Waals surface area (Å²) in [5.74, 6) is 0.113. The predicted molar refractivity (Wildman–Crippen MR) is 206 cm³/mol. The topological polar surface area (TPSA) is 154 Å². The lowest BCUT2D eigenvalue weighted by Gasteiger charge is -2.39. The van der Waals surface area contributed by atoms with Gasteiger partial charge in [0.15, 0.2) is 0 Å². The van der Waals surface area contributed by atoms with Crippen LogP contribution in [0.4, 0.5) is 4.79 Å². The van der Waals surface area contributed by atoms with E-state index in [1.54, 1.807) is 0 Å². The number of carbonyl (C=O) groups is 5. The van der Waals surface area contributed by atoms with Crippen molar-refractivity contribution in [1.82, 2.24) is 26.2 Å². The van der Waals surface area contributed by atoms with E-state index in [1.807, 2.05) is 69.2 Å². The molecule has 1 fully saturated rings. The first-order valence-electron chi connectivity index (χ1n) is 18.6. The largest absolute Gasteiger partial charge is 0.353 e. The van der Waals surface area contributed by atoms with Crippen LogP contribution in [0.5, 0.6) is 0 Å². The summed E-state index contributed by atoms with van der Waals surface area (Å²) in [6.45, 7) is 23.8. The van der Waals surface area contributed by atoms with Crippen LogP contribution in [-0.2, 0) is 30.0 Å². The summed E-state index contributed by atoms with van der Waals surface area (Å²) in [5.41, 5.74) is -1.42. The molecule has 5 amide bonds. The van der Waals surface area contributed by atoms with E-state index >= 15 is 0 Å². The molecule has 1 aliphatic rings. The van der Waals surface area contributed by atoms with Crippen LogP contribution >= 0.6 is 0 Å². The van der Waals surface area contributed by atoms with Crippen LogP contribution in [0.15, 0.2) is 0 Å². The molecule has 3 unspecified atom stereocenters. The number of carbonyl (C=O) groups excluding carboxylic acids is 5. The molecule has 12 heteroatoms. The number of likely N-dealkylation sites (tertiary alicyclic amines) is 1. The highest BCUT2D eigenvalue weighted by atomic mass is 32.2. The van der Waals surface area contributed by atoms with Gasteiger partial charge in [-0.3, -0.25) is 23.4 Å². The second-order valence-electron chi connectivity index (χ2n) is 14.4. The maximum Gasteiger partial charge on any atom is 0.315 e. The molecule has 0 spiro atoms. The Balaban J connectivity index is 0. The Morgan fingerprint density at radius 1 is 0.920 bits per heavy atom. The van der Waals surface area contributed by atoms with Crippen LogP contribution < -0.4 is 21.3 Å². The zero-order valence-electron chi connectivity index (χ0n) is 33.6. The maximum absolute atomic E-state index is 14.1. The fraction of sp³-hybridized carbons (Fsp3) is 0.816. The van der Waals surface area contributed by atoms with Gasteiger partial charge in [-0.25, -0.2) is 4.79 Å². The number of hydrogen-bond donors (Lipinski definition) is 4. The van der Waals surface area contributed by atoms with Crippen molar-refractivity contribution >= 4 is 40.3 Å². The molecule has 0 aromatic rings. The Bertz CT molecular complexity index is 1130. The van der Waals surface area contributed by atoms with E-state index in [0.717, 1.165) is 25.7 Å². The Morgan fingerprint density at radius 2 is 1.46 bits per heavy atom. The maximum atomic E-state index is 14.1. The number of likely N-dealkylation sites (N-methyl/N-ethyl adjacent to an activating group) is 1. The first-order valence-corrected chi connectivity index (χ1v) is 20.0. The number of rotatable bonds is 17. The second-order valence-corrected chi connectivity index (χ2v) is 16.6. The summed E-state index contributed by atoms with van der Waals surface area (Å²) in [6.07, 6.45) is 11.4. The first-order chi connectivity index (χ1) is 23.4. The van der Waals surface area contributed by atoms with E-state index in [2.05, 4.69) is 41.0 Å². The molecule has 290 valence electrons. The Hall–Kier alpha value is -2.94. The van der Waals surface area contributed by atoms with Crippen LogP contribution in [0.2, 0.25) is 0 Å². The fourth-order valence-electron chi connectivity index (χ4n) is 5.50. The van der Waals surface area contributed by atoms with Gasteiger partial charge in [-0.1, -0.05) is 88.0 Å². The third kappa shape index (κ3) is 16.4. The van der Waals surface area contributed by atoms with Crippen molar-refractivity contribution in [3.63, 3.8) is 0 Å². The van der Waals surface area contributed by atoms with E-state index in [1.165, 1.54) is 11.9 Å². The van der Waals surface area contributed by atoms with Gasteiger partial charge in [0.2, 0.25) is 17.6 Å². The number of nitrogens with one attached hydrogen (secondary N) is 4. The minimum atomic E-state index is -1.22.